The van der Waals surface area contributed by atoms with Crippen LogP contribution < -0.4 is 15.5 Å². The zero-order chi connectivity index (χ0) is 17.4. The Morgan fingerprint density at radius 3 is 2.67 bits per heavy atom. The molecule has 0 bridgehead atoms. The van der Waals surface area contributed by atoms with Gasteiger partial charge in [-0.2, -0.15) is 5.26 Å². The molecule has 0 aliphatic carbocycles. The predicted octanol–water partition coefficient (Wildman–Crippen LogP) is 3.86. The fraction of sp³-hybridized carbons (Fsp3) is 0.222. The number of nitriles is 1. The molecule has 2 aromatic rings. The highest BCUT2D eigenvalue weighted by Gasteiger charge is 2.05. The van der Waals surface area contributed by atoms with E-state index in [0.29, 0.717) is 22.8 Å². The largest absolute Gasteiger partial charge is 0.375 e. The fourth-order valence-electron chi connectivity index (χ4n) is 2.19. The average Bonchev–Trinajstić information content (AvgIpc) is 2.59. The van der Waals surface area contributed by atoms with Crippen LogP contribution in [0.5, 0.6) is 0 Å². The van der Waals surface area contributed by atoms with E-state index in [2.05, 4.69) is 27.7 Å². The number of halogens is 1. The first-order valence-electron chi connectivity index (χ1n) is 7.61. The monoisotopic (exact) mass is 342 g/mol. The molecule has 0 fully saturated rings. The van der Waals surface area contributed by atoms with Crippen molar-refractivity contribution in [2.75, 3.05) is 30.4 Å². The average molecular weight is 343 g/mol. The molecule has 0 atom stereocenters. The van der Waals surface area contributed by atoms with Gasteiger partial charge in [0.25, 0.3) is 0 Å². The zero-order valence-corrected chi connectivity index (χ0v) is 14.2. The van der Waals surface area contributed by atoms with Crippen LogP contribution in [0, 0.1) is 11.3 Å². The molecule has 0 aliphatic heterocycles. The molecule has 6 heteroatoms. The molecule has 0 radical (unpaired) electrons. The zero-order valence-electron chi connectivity index (χ0n) is 13.4. The van der Waals surface area contributed by atoms with Gasteiger partial charge in [-0.15, -0.1) is 0 Å². The number of nitrogens with zero attached hydrogens (tertiary/aromatic N) is 2. The Morgan fingerprint density at radius 2 is 2.00 bits per heavy atom. The maximum atomic E-state index is 11.8. The summed E-state index contributed by atoms with van der Waals surface area (Å²) >= 11 is 5.93. The molecule has 2 aromatic carbocycles. The third kappa shape index (κ3) is 5.18. The maximum absolute atomic E-state index is 11.8. The van der Waals surface area contributed by atoms with Crippen molar-refractivity contribution in [3.05, 3.63) is 59.1 Å². The number of benzene rings is 2. The van der Waals surface area contributed by atoms with Crippen LogP contribution in [-0.2, 0) is 0 Å². The minimum absolute atomic E-state index is 0.293. The van der Waals surface area contributed by atoms with Crippen LogP contribution in [0.15, 0.2) is 48.5 Å². The summed E-state index contributed by atoms with van der Waals surface area (Å²) in [4.78, 5) is 14.0. The first kappa shape index (κ1) is 17.6. The number of hydrogen-bond donors (Lipinski definition) is 2. The highest BCUT2D eigenvalue weighted by atomic mass is 35.5. The van der Waals surface area contributed by atoms with Crippen molar-refractivity contribution >= 4 is 29.0 Å². The maximum Gasteiger partial charge on any atom is 0.319 e. The van der Waals surface area contributed by atoms with E-state index in [4.69, 9.17) is 16.9 Å². The summed E-state index contributed by atoms with van der Waals surface area (Å²) in [6.45, 7) is 1.40. The molecular formula is C18H19ClN4O. The standard InChI is InChI=1S/C18H19ClN4O/c1-23(16-6-3-2-4-7-16)11-5-10-21-18(24)22-15-9-8-14(13-20)17(19)12-15/h2-4,6-9,12H,5,10-11H2,1H3,(H2,21,22,24). The second-order valence-corrected chi connectivity index (χ2v) is 5.71. The molecule has 2 rings (SSSR count). The lowest BCUT2D eigenvalue weighted by Gasteiger charge is -2.19. The number of hydrogen-bond acceptors (Lipinski definition) is 3. The van der Waals surface area contributed by atoms with E-state index in [9.17, 15) is 4.79 Å². The number of amides is 2. The van der Waals surface area contributed by atoms with Crippen molar-refractivity contribution < 1.29 is 4.79 Å². The van der Waals surface area contributed by atoms with E-state index < -0.39 is 0 Å². The molecule has 5 nitrogen and oxygen atoms in total. The minimum Gasteiger partial charge on any atom is -0.375 e. The van der Waals surface area contributed by atoms with Crippen molar-refractivity contribution in [2.45, 2.75) is 6.42 Å². The second kappa shape index (κ2) is 8.80. The number of carbonyl (C=O) groups excluding carboxylic acids is 1. The lowest BCUT2D eigenvalue weighted by Crippen LogP contribution is -2.31. The Labute approximate surface area is 146 Å². The number of anilines is 2. The number of nitrogens with one attached hydrogen (secondary N) is 2. The van der Waals surface area contributed by atoms with Crippen molar-refractivity contribution in [2.24, 2.45) is 0 Å². The first-order chi connectivity index (χ1) is 11.6. The van der Waals surface area contributed by atoms with Crippen LogP contribution in [0.2, 0.25) is 5.02 Å². The Kier molecular flexibility index (Phi) is 6.47. The van der Waals surface area contributed by atoms with Crippen molar-refractivity contribution in [3.63, 3.8) is 0 Å². The normalized spacial score (nSPS) is 9.88. The summed E-state index contributed by atoms with van der Waals surface area (Å²) in [6.07, 6.45) is 0.826. The minimum atomic E-state index is -0.293. The highest BCUT2D eigenvalue weighted by Crippen LogP contribution is 2.20. The van der Waals surface area contributed by atoms with Gasteiger partial charge in [0, 0.05) is 31.5 Å². The van der Waals surface area contributed by atoms with Gasteiger partial charge in [-0.25, -0.2) is 4.79 Å². The van der Waals surface area contributed by atoms with Crippen LogP contribution >= 0.6 is 11.6 Å². The number of carbonyl (C=O) groups is 1. The van der Waals surface area contributed by atoms with Crippen LogP contribution in [0.4, 0.5) is 16.2 Å². The lowest BCUT2D eigenvalue weighted by molar-refractivity contribution is 0.252. The van der Waals surface area contributed by atoms with E-state index in [1.54, 1.807) is 18.2 Å². The molecule has 0 unspecified atom stereocenters. The van der Waals surface area contributed by atoms with Gasteiger partial charge in [-0.1, -0.05) is 29.8 Å². The lowest BCUT2D eigenvalue weighted by atomic mass is 10.2. The Morgan fingerprint density at radius 1 is 1.25 bits per heavy atom. The number of rotatable bonds is 6. The van der Waals surface area contributed by atoms with Crippen molar-refractivity contribution in [1.82, 2.24) is 5.32 Å². The SMILES string of the molecule is CN(CCCNC(=O)Nc1ccc(C#N)c(Cl)c1)c1ccccc1. The van der Waals surface area contributed by atoms with Gasteiger partial charge in [0.05, 0.1) is 10.6 Å². The van der Waals surface area contributed by atoms with Gasteiger partial charge in [0.1, 0.15) is 6.07 Å². The van der Waals surface area contributed by atoms with Gasteiger partial charge in [-0.3, -0.25) is 0 Å². The Hall–Kier alpha value is -2.71. The second-order valence-electron chi connectivity index (χ2n) is 5.30. The van der Waals surface area contributed by atoms with E-state index in [0.717, 1.165) is 18.7 Å². The topological polar surface area (TPSA) is 68.2 Å². The number of para-hydroxylation sites is 1. The van der Waals surface area contributed by atoms with Gasteiger partial charge >= 0.3 is 6.03 Å². The fourth-order valence-corrected chi connectivity index (χ4v) is 2.41. The van der Waals surface area contributed by atoms with E-state index >= 15 is 0 Å². The smallest absolute Gasteiger partial charge is 0.319 e. The van der Waals surface area contributed by atoms with E-state index in [-0.39, 0.29) is 6.03 Å². The highest BCUT2D eigenvalue weighted by molar-refractivity contribution is 6.32. The summed E-state index contributed by atoms with van der Waals surface area (Å²) in [5.41, 5.74) is 2.08. The third-order valence-corrected chi connectivity index (χ3v) is 3.81. The molecule has 0 saturated carbocycles. The molecule has 124 valence electrons. The summed E-state index contributed by atoms with van der Waals surface area (Å²) < 4.78 is 0. The molecule has 0 heterocycles. The van der Waals surface area contributed by atoms with Gasteiger partial charge in [-0.05, 0) is 36.8 Å². The predicted molar refractivity (Wildman–Crippen MR) is 97.5 cm³/mol. The third-order valence-electron chi connectivity index (χ3n) is 3.50. The first-order valence-corrected chi connectivity index (χ1v) is 7.98. The molecule has 0 saturated heterocycles. The van der Waals surface area contributed by atoms with E-state index in [1.165, 1.54) is 0 Å². The summed E-state index contributed by atoms with van der Waals surface area (Å²) in [5.74, 6) is 0. The molecule has 0 spiro atoms. The van der Waals surface area contributed by atoms with Gasteiger partial charge in [0.15, 0.2) is 0 Å². The number of urea groups is 1. The van der Waals surface area contributed by atoms with E-state index in [1.807, 2.05) is 31.3 Å². The Bertz CT molecular complexity index is 728. The molecule has 0 aliphatic rings. The summed E-state index contributed by atoms with van der Waals surface area (Å²) in [5, 5.41) is 14.6. The summed E-state index contributed by atoms with van der Waals surface area (Å²) in [7, 11) is 2.02. The van der Waals surface area contributed by atoms with Crippen molar-refractivity contribution in [1.29, 1.82) is 5.26 Å². The molecule has 0 aromatic heterocycles. The van der Waals surface area contributed by atoms with Crippen LogP contribution in [-0.4, -0.2) is 26.2 Å². The van der Waals surface area contributed by atoms with Crippen LogP contribution in [0.1, 0.15) is 12.0 Å². The molecule has 24 heavy (non-hydrogen) atoms. The molecule has 2 amide bonds. The van der Waals surface area contributed by atoms with Crippen molar-refractivity contribution in [3.8, 4) is 6.07 Å². The quantitative estimate of drug-likeness (QED) is 0.783. The van der Waals surface area contributed by atoms with Gasteiger partial charge < -0.3 is 15.5 Å². The Balaban J connectivity index is 1.72. The van der Waals surface area contributed by atoms with Gasteiger partial charge in [0.2, 0.25) is 0 Å². The molecular weight excluding hydrogens is 324 g/mol. The molecule has 2 N–H and O–H groups in total. The van der Waals surface area contributed by atoms with Crippen LogP contribution in [0.25, 0.3) is 0 Å². The van der Waals surface area contributed by atoms with Crippen LogP contribution in [0.3, 0.4) is 0 Å². The summed E-state index contributed by atoms with van der Waals surface area (Å²) in [6, 6.07) is 16.5.